The van der Waals surface area contributed by atoms with Crippen LogP contribution >= 0.6 is 11.8 Å². The van der Waals surface area contributed by atoms with Crippen molar-refractivity contribution in [1.29, 1.82) is 0 Å². The van der Waals surface area contributed by atoms with E-state index in [0.29, 0.717) is 11.7 Å². The number of hydrogen-bond acceptors (Lipinski definition) is 4. The maximum atomic E-state index is 12.8. The highest BCUT2D eigenvalue weighted by Gasteiger charge is 2.30. The lowest BCUT2D eigenvalue weighted by molar-refractivity contribution is -0.137. The van der Waals surface area contributed by atoms with Gasteiger partial charge in [0.25, 0.3) is 0 Å². The fraction of sp³-hybridized carbons (Fsp3) is 0.474. The molecule has 2 aromatic rings. The van der Waals surface area contributed by atoms with Crippen molar-refractivity contribution in [2.75, 3.05) is 17.7 Å². The Hall–Kier alpha value is -2.00. The molecule has 28 heavy (non-hydrogen) atoms. The van der Waals surface area contributed by atoms with E-state index in [-0.39, 0.29) is 23.5 Å². The van der Waals surface area contributed by atoms with Gasteiger partial charge in [0.05, 0.1) is 29.7 Å². The molecule has 1 aromatic carbocycles. The Morgan fingerprint density at radius 1 is 1.39 bits per heavy atom. The van der Waals surface area contributed by atoms with Gasteiger partial charge in [0, 0.05) is 18.0 Å². The van der Waals surface area contributed by atoms with Crippen molar-refractivity contribution in [1.82, 2.24) is 9.55 Å². The van der Waals surface area contributed by atoms with E-state index < -0.39 is 11.7 Å². The summed E-state index contributed by atoms with van der Waals surface area (Å²) in [7, 11) is 0. The van der Waals surface area contributed by atoms with Crippen LogP contribution in [0.5, 0.6) is 0 Å². The van der Waals surface area contributed by atoms with Crippen molar-refractivity contribution in [2.24, 2.45) is 0 Å². The third kappa shape index (κ3) is 5.08. The number of halogens is 3. The first kappa shape index (κ1) is 20.7. The van der Waals surface area contributed by atoms with Crippen LogP contribution in [0.1, 0.15) is 29.8 Å². The van der Waals surface area contributed by atoms with Crippen LogP contribution in [-0.4, -0.2) is 33.9 Å². The Morgan fingerprint density at radius 3 is 2.86 bits per heavy atom. The number of amides is 1. The number of carbonyl (C=O) groups is 1. The van der Waals surface area contributed by atoms with Crippen molar-refractivity contribution in [3.8, 4) is 0 Å². The Morgan fingerprint density at radius 2 is 2.18 bits per heavy atom. The second kappa shape index (κ2) is 8.57. The molecule has 0 aliphatic carbocycles. The van der Waals surface area contributed by atoms with Gasteiger partial charge in [0.15, 0.2) is 5.16 Å². The van der Waals surface area contributed by atoms with Crippen LogP contribution in [0, 0.1) is 13.8 Å². The smallest absolute Gasteiger partial charge is 0.376 e. The average molecular weight is 413 g/mol. The lowest BCUT2D eigenvalue weighted by Gasteiger charge is -2.14. The van der Waals surface area contributed by atoms with Gasteiger partial charge in [-0.3, -0.25) is 4.79 Å². The van der Waals surface area contributed by atoms with Crippen LogP contribution in [0.15, 0.2) is 29.4 Å². The predicted octanol–water partition coefficient (Wildman–Crippen LogP) is 4.43. The van der Waals surface area contributed by atoms with Gasteiger partial charge in [0.1, 0.15) is 0 Å². The number of carbonyl (C=O) groups excluding carboxylic acids is 1. The molecular weight excluding hydrogens is 391 g/mol. The van der Waals surface area contributed by atoms with E-state index in [1.165, 1.54) is 23.9 Å². The molecule has 1 atom stereocenters. The fourth-order valence-corrected chi connectivity index (χ4v) is 3.94. The normalized spacial score (nSPS) is 17.1. The lowest BCUT2D eigenvalue weighted by Crippen LogP contribution is -2.18. The number of imidazole rings is 1. The lowest BCUT2D eigenvalue weighted by atomic mass is 10.2. The standard InChI is InChI=1S/C19H22F3N3O2S/c1-12-13(2)25(10-16-7-4-8-27-16)18(23-12)28-11-17(26)24-15-6-3-5-14(9-15)19(20,21)22/h3,5-6,9,16H,4,7-8,10-11H2,1-2H3,(H,24,26). The summed E-state index contributed by atoms with van der Waals surface area (Å²) in [6.07, 6.45) is -2.26. The molecule has 152 valence electrons. The van der Waals surface area contributed by atoms with Crippen molar-refractivity contribution < 1.29 is 22.7 Å². The first-order valence-corrected chi connectivity index (χ1v) is 9.98. The molecule has 1 aliphatic rings. The molecule has 0 spiro atoms. The van der Waals surface area contributed by atoms with Crippen LogP contribution in [0.3, 0.4) is 0 Å². The maximum absolute atomic E-state index is 12.8. The van der Waals surface area contributed by atoms with E-state index >= 15 is 0 Å². The van der Waals surface area contributed by atoms with Gasteiger partial charge < -0.3 is 14.6 Å². The van der Waals surface area contributed by atoms with E-state index in [0.717, 1.165) is 43.0 Å². The number of thioether (sulfide) groups is 1. The zero-order valence-electron chi connectivity index (χ0n) is 15.7. The molecule has 5 nitrogen and oxygen atoms in total. The minimum atomic E-state index is -4.45. The van der Waals surface area contributed by atoms with Gasteiger partial charge in [-0.15, -0.1) is 0 Å². The van der Waals surface area contributed by atoms with Crippen molar-refractivity contribution in [3.63, 3.8) is 0 Å². The largest absolute Gasteiger partial charge is 0.416 e. The van der Waals surface area contributed by atoms with E-state index in [9.17, 15) is 18.0 Å². The molecule has 9 heteroatoms. The first-order valence-electron chi connectivity index (χ1n) is 8.99. The summed E-state index contributed by atoms with van der Waals surface area (Å²) in [5, 5.41) is 3.23. The predicted molar refractivity (Wildman–Crippen MR) is 101 cm³/mol. The molecule has 1 fully saturated rings. The maximum Gasteiger partial charge on any atom is 0.416 e. The van der Waals surface area contributed by atoms with Crippen LogP contribution in [0.4, 0.5) is 18.9 Å². The zero-order valence-corrected chi connectivity index (χ0v) is 16.5. The number of hydrogen-bond donors (Lipinski definition) is 1. The minimum Gasteiger partial charge on any atom is -0.376 e. The number of nitrogens with zero attached hydrogens (tertiary/aromatic N) is 2. The Balaban J connectivity index is 1.62. The van der Waals surface area contributed by atoms with Crippen LogP contribution in [0.25, 0.3) is 0 Å². The number of anilines is 1. The third-order valence-corrected chi connectivity index (χ3v) is 5.62. The van der Waals surface area contributed by atoms with Crippen molar-refractivity contribution in [2.45, 2.75) is 50.7 Å². The number of aryl methyl sites for hydroxylation is 1. The summed E-state index contributed by atoms with van der Waals surface area (Å²) in [5.41, 5.74) is 1.24. The minimum absolute atomic E-state index is 0.0532. The van der Waals surface area contributed by atoms with E-state index in [4.69, 9.17) is 4.74 Å². The first-order chi connectivity index (χ1) is 13.2. The molecule has 1 amide bonds. The van der Waals surface area contributed by atoms with Gasteiger partial charge in [0.2, 0.25) is 5.91 Å². The highest BCUT2D eigenvalue weighted by atomic mass is 32.2. The van der Waals surface area contributed by atoms with Crippen LogP contribution in [0.2, 0.25) is 0 Å². The Labute approximate surface area is 165 Å². The highest BCUT2D eigenvalue weighted by Crippen LogP contribution is 2.31. The van der Waals surface area contributed by atoms with Gasteiger partial charge in [-0.2, -0.15) is 13.2 Å². The summed E-state index contributed by atoms with van der Waals surface area (Å²) >= 11 is 1.26. The quantitative estimate of drug-likeness (QED) is 0.712. The summed E-state index contributed by atoms with van der Waals surface area (Å²) in [6, 6.07) is 4.60. The van der Waals surface area contributed by atoms with Gasteiger partial charge in [-0.25, -0.2) is 4.98 Å². The molecule has 3 rings (SSSR count). The zero-order chi connectivity index (χ0) is 20.3. The number of alkyl halides is 3. The molecule has 0 bridgehead atoms. The molecule has 1 aliphatic heterocycles. The Bertz CT molecular complexity index is 845. The molecule has 1 unspecified atom stereocenters. The summed E-state index contributed by atoms with van der Waals surface area (Å²) in [4.78, 5) is 16.7. The average Bonchev–Trinajstić information content (AvgIpc) is 3.23. The van der Waals surface area contributed by atoms with E-state index in [1.54, 1.807) is 0 Å². The van der Waals surface area contributed by atoms with Crippen molar-refractivity contribution in [3.05, 3.63) is 41.2 Å². The Kier molecular flexibility index (Phi) is 6.34. The number of benzene rings is 1. The van der Waals surface area contributed by atoms with E-state index in [1.807, 2.05) is 18.4 Å². The van der Waals surface area contributed by atoms with Gasteiger partial charge in [-0.05, 0) is 44.9 Å². The van der Waals surface area contributed by atoms with Gasteiger partial charge >= 0.3 is 6.18 Å². The van der Waals surface area contributed by atoms with Crippen LogP contribution in [-0.2, 0) is 22.3 Å². The number of rotatable bonds is 6. The number of aromatic nitrogens is 2. The number of nitrogens with one attached hydrogen (secondary N) is 1. The van der Waals surface area contributed by atoms with Crippen molar-refractivity contribution >= 4 is 23.4 Å². The van der Waals surface area contributed by atoms with Crippen LogP contribution < -0.4 is 5.32 Å². The monoisotopic (exact) mass is 413 g/mol. The molecule has 1 N–H and O–H groups in total. The van der Waals surface area contributed by atoms with E-state index in [2.05, 4.69) is 10.3 Å². The summed E-state index contributed by atoms with van der Waals surface area (Å²) in [5.74, 6) is -0.330. The second-order valence-corrected chi connectivity index (χ2v) is 7.67. The molecule has 1 saturated heterocycles. The molecule has 0 radical (unpaired) electrons. The molecule has 1 aromatic heterocycles. The van der Waals surface area contributed by atoms with Gasteiger partial charge in [-0.1, -0.05) is 17.8 Å². The summed E-state index contributed by atoms with van der Waals surface area (Å²) < 4.78 is 46.1. The third-order valence-electron chi connectivity index (χ3n) is 4.64. The SMILES string of the molecule is Cc1nc(SCC(=O)Nc2cccc(C(F)(F)F)c2)n(CC2CCCO2)c1C. The highest BCUT2D eigenvalue weighted by molar-refractivity contribution is 7.99. The topological polar surface area (TPSA) is 56.2 Å². The number of ether oxygens (including phenoxy) is 1. The second-order valence-electron chi connectivity index (χ2n) is 6.73. The molecule has 2 heterocycles. The fourth-order valence-electron chi connectivity index (χ4n) is 3.04. The molecule has 0 saturated carbocycles. The summed E-state index contributed by atoms with van der Waals surface area (Å²) in [6.45, 7) is 5.33. The molecular formula is C19H22F3N3O2S.